The Labute approximate surface area is 108 Å². The van der Waals surface area contributed by atoms with Crippen LogP contribution >= 0.6 is 0 Å². The van der Waals surface area contributed by atoms with Gasteiger partial charge in [-0.3, -0.25) is 4.79 Å². The van der Waals surface area contributed by atoms with Gasteiger partial charge in [-0.25, -0.2) is 4.98 Å². The number of amides is 1. The number of aromatic nitrogens is 2. The van der Waals surface area contributed by atoms with E-state index in [0.717, 1.165) is 26.0 Å². The van der Waals surface area contributed by atoms with E-state index < -0.39 is 0 Å². The van der Waals surface area contributed by atoms with E-state index in [1.807, 2.05) is 7.05 Å². The summed E-state index contributed by atoms with van der Waals surface area (Å²) in [6, 6.07) is 0. The van der Waals surface area contributed by atoms with Crippen LogP contribution in [0.25, 0.3) is 0 Å². The summed E-state index contributed by atoms with van der Waals surface area (Å²) < 4.78 is 7.36. The number of hydrogen-bond acceptors (Lipinski definition) is 3. The second-order valence-electron chi connectivity index (χ2n) is 4.83. The van der Waals surface area contributed by atoms with E-state index in [2.05, 4.69) is 4.98 Å². The quantitative estimate of drug-likeness (QED) is 0.765. The van der Waals surface area contributed by atoms with Gasteiger partial charge in [0.15, 0.2) is 0 Å². The number of likely N-dealkylation sites (N-methyl/N-ethyl adjacent to an activating group) is 1. The highest BCUT2D eigenvalue weighted by atomic mass is 16.5. The molecule has 18 heavy (non-hydrogen) atoms. The average molecular weight is 251 g/mol. The highest BCUT2D eigenvalue weighted by molar-refractivity contribution is 5.75. The monoisotopic (exact) mass is 251 g/mol. The van der Waals surface area contributed by atoms with Crippen LogP contribution in [0.4, 0.5) is 0 Å². The van der Waals surface area contributed by atoms with E-state index in [4.69, 9.17) is 4.74 Å². The zero-order chi connectivity index (χ0) is 12.8. The van der Waals surface area contributed by atoms with Crippen molar-refractivity contribution in [1.29, 1.82) is 0 Å². The fraction of sp³-hybridized carbons (Fsp3) is 0.692. The van der Waals surface area contributed by atoms with Crippen molar-refractivity contribution in [3.63, 3.8) is 0 Å². The molecular weight excluding hydrogens is 230 g/mol. The van der Waals surface area contributed by atoms with Gasteiger partial charge in [-0.2, -0.15) is 0 Å². The summed E-state index contributed by atoms with van der Waals surface area (Å²) in [5.41, 5.74) is 0. The molecule has 1 amide bonds. The normalized spacial score (nSPS) is 19.1. The zero-order valence-electron chi connectivity index (χ0n) is 10.9. The van der Waals surface area contributed by atoms with Crippen molar-refractivity contribution in [2.75, 3.05) is 20.2 Å². The molecule has 0 bridgehead atoms. The van der Waals surface area contributed by atoms with Gasteiger partial charge in [-0.15, -0.1) is 0 Å². The van der Waals surface area contributed by atoms with Crippen molar-refractivity contribution in [3.8, 4) is 0 Å². The highest BCUT2D eigenvalue weighted by Crippen LogP contribution is 2.16. The molecule has 1 atom stereocenters. The zero-order valence-corrected chi connectivity index (χ0v) is 10.9. The number of hydrogen-bond donors (Lipinski definition) is 0. The van der Waals surface area contributed by atoms with Crippen molar-refractivity contribution in [3.05, 3.63) is 18.7 Å². The molecule has 1 aliphatic heterocycles. The topological polar surface area (TPSA) is 47.4 Å². The SMILES string of the molecule is CN(CCC[C@@H]1CCCO1)C(=O)Cn1ccnc1. The summed E-state index contributed by atoms with van der Waals surface area (Å²) >= 11 is 0. The van der Waals surface area contributed by atoms with Crippen molar-refractivity contribution in [1.82, 2.24) is 14.5 Å². The lowest BCUT2D eigenvalue weighted by Crippen LogP contribution is -2.31. The Morgan fingerprint density at radius 2 is 2.50 bits per heavy atom. The third kappa shape index (κ3) is 3.84. The van der Waals surface area contributed by atoms with Gasteiger partial charge in [-0.05, 0) is 25.7 Å². The molecule has 1 aliphatic rings. The summed E-state index contributed by atoms with van der Waals surface area (Å²) in [6.07, 6.45) is 10.00. The Hall–Kier alpha value is -1.36. The predicted molar refractivity (Wildman–Crippen MR) is 68.1 cm³/mol. The molecule has 0 saturated carbocycles. The number of imidazole rings is 1. The van der Waals surface area contributed by atoms with Crippen LogP contribution in [-0.2, 0) is 16.1 Å². The molecule has 100 valence electrons. The molecule has 2 heterocycles. The summed E-state index contributed by atoms with van der Waals surface area (Å²) in [5.74, 6) is 0.125. The molecule has 0 aromatic carbocycles. The van der Waals surface area contributed by atoms with Gasteiger partial charge in [0, 0.05) is 32.6 Å². The maximum absolute atomic E-state index is 11.9. The summed E-state index contributed by atoms with van der Waals surface area (Å²) in [7, 11) is 1.86. The largest absolute Gasteiger partial charge is 0.378 e. The molecular formula is C13H21N3O2. The first-order valence-corrected chi connectivity index (χ1v) is 6.57. The molecule has 0 unspecified atom stereocenters. The van der Waals surface area contributed by atoms with E-state index >= 15 is 0 Å². The summed E-state index contributed by atoms with van der Waals surface area (Å²) in [6.45, 7) is 2.07. The van der Waals surface area contributed by atoms with Crippen molar-refractivity contribution in [2.24, 2.45) is 0 Å². The van der Waals surface area contributed by atoms with E-state index in [1.165, 1.54) is 12.8 Å². The van der Waals surface area contributed by atoms with E-state index in [1.54, 1.807) is 28.2 Å². The van der Waals surface area contributed by atoms with Crippen LogP contribution in [0.5, 0.6) is 0 Å². The number of ether oxygens (including phenoxy) is 1. The van der Waals surface area contributed by atoms with Crippen molar-refractivity contribution in [2.45, 2.75) is 38.3 Å². The van der Waals surface area contributed by atoms with Gasteiger partial charge in [0.2, 0.25) is 5.91 Å². The van der Waals surface area contributed by atoms with Crippen LogP contribution in [-0.4, -0.2) is 46.7 Å². The standard InChI is InChI=1S/C13H21N3O2/c1-15(7-2-4-12-5-3-9-18-12)13(17)10-16-8-6-14-11-16/h6,8,11-12H,2-5,7,9-10H2,1H3/t12-/m1/s1. The molecule has 0 N–H and O–H groups in total. The maximum atomic E-state index is 11.9. The van der Waals surface area contributed by atoms with E-state index in [9.17, 15) is 4.79 Å². The van der Waals surface area contributed by atoms with Crippen LogP contribution in [0.1, 0.15) is 25.7 Å². The molecule has 0 spiro atoms. The van der Waals surface area contributed by atoms with Crippen LogP contribution < -0.4 is 0 Å². The van der Waals surface area contributed by atoms with Gasteiger partial charge in [0.05, 0.1) is 12.4 Å². The van der Waals surface area contributed by atoms with Crippen LogP contribution in [0.3, 0.4) is 0 Å². The predicted octanol–water partition coefficient (Wildman–Crippen LogP) is 1.30. The average Bonchev–Trinajstić information content (AvgIpc) is 3.01. The first-order valence-electron chi connectivity index (χ1n) is 6.57. The minimum absolute atomic E-state index is 0.125. The van der Waals surface area contributed by atoms with Gasteiger partial charge in [-0.1, -0.05) is 0 Å². The van der Waals surface area contributed by atoms with Gasteiger partial charge in [0.1, 0.15) is 6.54 Å². The molecule has 1 fully saturated rings. The third-order valence-electron chi connectivity index (χ3n) is 3.35. The fourth-order valence-electron chi connectivity index (χ4n) is 2.21. The van der Waals surface area contributed by atoms with Crippen molar-refractivity contribution < 1.29 is 9.53 Å². The number of rotatable bonds is 6. The lowest BCUT2D eigenvalue weighted by atomic mass is 10.1. The maximum Gasteiger partial charge on any atom is 0.242 e. The molecule has 1 aromatic rings. The Bertz CT molecular complexity index is 358. The minimum Gasteiger partial charge on any atom is -0.378 e. The second kappa shape index (κ2) is 6.54. The van der Waals surface area contributed by atoms with Gasteiger partial charge >= 0.3 is 0 Å². The fourth-order valence-corrected chi connectivity index (χ4v) is 2.21. The van der Waals surface area contributed by atoms with Gasteiger partial charge < -0.3 is 14.2 Å². The molecule has 0 aliphatic carbocycles. The minimum atomic E-state index is 0.125. The van der Waals surface area contributed by atoms with E-state index in [0.29, 0.717) is 12.6 Å². The number of carbonyl (C=O) groups is 1. The molecule has 5 heteroatoms. The molecule has 1 saturated heterocycles. The third-order valence-corrected chi connectivity index (χ3v) is 3.35. The molecule has 0 radical (unpaired) electrons. The number of nitrogens with zero attached hydrogens (tertiary/aromatic N) is 3. The van der Waals surface area contributed by atoms with Crippen LogP contribution in [0, 0.1) is 0 Å². The molecule has 2 rings (SSSR count). The van der Waals surface area contributed by atoms with Crippen LogP contribution in [0.15, 0.2) is 18.7 Å². The molecule has 1 aromatic heterocycles. The molecule has 5 nitrogen and oxygen atoms in total. The Kier molecular flexibility index (Phi) is 4.75. The lowest BCUT2D eigenvalue weighted by molar-refractivity contribution is -0.130. The van der Waals surface area contributed by atoms with Crippen molar-refractivity contribution >= 4 is 5.91 Å². The van der Waals surface area contributed by atoms with E-state index in [-0.39, 0.29) is 5.91 Å². The second-order valence-corrected chi connectivity index (χ2v) is 4.83. The summed E-state index contributed by atoms with van der Waals surface area (Å²) in [5, 5.41) is 0. The number of carbonyl (C=O) groups excluding carboxylic acids is 1. The summed E-state index contributed by atoms with van der Waals surface area (Å²) in [4.78, 5) is 17.6. The smallest absolute Gasteiger partial charge is 0.242 e. The Morgan fingerprint density at radius 1 is 1.61 bits per heavy atom. The Morgan fingerprint density at radius 3 is 3.17 bits per heavy atom. The first-order chi connectivity index (χ1) is 8.75. The first kappa shape index (κ1) is 13.1. The van der Waals surface area contributed by atoms with Gasteiger partial charge in [0.25, 0.3) is 0 Å². The lowest BCUT2D eigenvalue weighted by Gasteiger charge is -2.18. The highest BCUT2D eigenvalue weighted by Gasteiger charge is 2.16. The van der Waals surface area contributed by atoms with Crippen LogP contribution in [0.2, 0.25) is 0 Å². The Balaban J connectivity index is 1.64.